The Balaban J connectivity index is 2.08. The number of aromatic nitrogens is 1. The molecule has 112 valence electrons. The number of hydrogen-bond donors (Lipinski definition) is 0. The standard InChI is InChI=1S/C17H12F3NO/c1-11-10-13(22-17(18,19)20)7-8-14(11)15-6-2-4-12-5-3-9-21-16(12)15/h2-10H,1H3. The molecule has 1 aromatic heterocycles. The third-order valence-electron chi connectivity index (χ3n) is 3.35. The van der Waals surface area contributed by atoms with E-state index in [4.69, 9.17) is 0 Å². The first kappa shape index (κ1) is 14.4. The molecule has 0 saturated carbocycles. The van der Waals surface area contributed by atoms with Crippen molar-refractivity contribution in [3.8, 4) is 16.9 Å². The number of halogens is 3. The summed E-state index contributed by atoms with van der Waals surface area (Å²) in [4.78, 5) is 4.37. The van der Waals surface area contributed by atoms with Gasteiger partial charge in [-0.1, -0.05) is 30.3 Å². The smallest absolute Gasteiger partial charge is 0.406 e. The molecule has 0 aliphatic rings. The molecule has 0 radical (unpaired) electrons. The lowest BCUT2D eigenvalue weighted by molar-refractivity contribution is -0.274. The summed E-state index contributed by atoms with van der Waals surface area (Å²) in [5, 5.41) is 0.981. The fraction of sp³-hybridized carbons (Fsp3) is 0.118. The Bertz CT molecular complexity index is 822. The molecule has 3 aromatic rings. The fourth-order valence-corrected chi connectivity index (χ4v) is 2.46. The summed E-state index contributed by atoms with van der Waals surface area (Å²) in [6, 6.07) is 13.9. The Morgan fingerprint density at radius 1 is 0.955 bits per heavy atom. The number of ether oxygens (including phenoxy) is 1. The van der Waals surface area contributed by atoms with Gasteiger partial charge in [-0.2, -0.15) is 0 Å². The van der Waals surface area contributed by atoms with Crippen molar-refractivity contribution in [1.82, 2.24) is 4.98 Å². The van der Waals surface area contributed by atoms with Crippen LogP contribution in [0.5, 0.6) is 5.75 Å². The van der Waals surface area contributed by atoms with E-state index in [0.29, 0.717) is 5.56 Å². The molecule has 0 aliphatic carbocycles. The molecule has 2 nitrogen and oxygen atoms in total. The number of pyridine rings is 1. The van der Waals surface area contributed by atoms with Gasteiger partial charge in [0.1, 0.15) is 5.75 Å². The quantitative estimate of drug-likeness (QED) is 0.656. The first-order valence-electron chi connectivity index (χ1n) is 6.64. The van der Waals surface area contributed by atoms with E-state index in [1.54, 1.807) is 19.2 Å². The minimum absolute atomic E-state index is 0.220. The van der Waals surface area contributed by atoms with Gasteiger partial charge in [-0.25, -0.2) is 0 Å². The highest BCUT2D eigenvalue weighted by Crippen LogP contribution is 2.32. The number of nitrogens with zero attached hydrogens (tertiary/aromatic N) is 1. The Kier molecular flexibility index (Phi) is 3.48. The number of benzene rings is 2. The number of aryl methyl sites for hydroxylation is 1. The fourth-order valence-electron chi connectivity index (χ4n) is 2.46. The lowest BCUT2D eigenvalue weighted by atomic mass is 9.98. The molecule has 0 N–H and O–H groups in total. The monoisotopic (exact) mass is 303 g/mol. The third kappa shape index (κ3) is 2.88. The minimum atomic E-state index is -4.69. The maximum Gasteiger partial charge on any atom is 0.573 e. The Labute approximate surface area is 125 Å². The van der Waals surface area contributed by atoms with Gasteiger partial charge in [0.2, 0.25) is 0 Å². The highest BCUT2D eigenvalue weighted by Gasteiger charge is 2.31. The highest BCUT2D eigenvalue weighted by molar-refractivity contribution is 5.94. The van der Waals surface area contributed by atoms with Crippen LogP contribution in [0.2, 0.25) is 0 Å². The summed E-state index contributed by atoms with van der Waals surface area (Å²) < 4.78 is 40.8. The predicted molar refractivity (Wildman–Crippen MR) is 78.6 cm³/mol. The van der Waals surface area contributed by atoms with Crippen molar-refractivity contribution < 1.29 is 17.9 Å². The second-order valence-corrected chi connectivity index (χ2v) is 4.91. The number of para-hydroxylation sites is 1. The van der Waals surface area contributed by atoms with E-state index in [9.17, 15) is 13.2 Å². The normalized spacial score (nSPS) is 11.6. The van der Waals surface area contributed by atoms with E-state index in [2.05, 4.69) is 9.72 Å². The topological polar surface area (TPSA) is 22.1 Å². The van der Waals surface area contributed by atoms with Gasteiger partial charge in [0.05, 0.1) is 5.52 Å². The van der Waals surface area contributed by atoms with Gasteiger partial charge in [-0.3, -0.25) is 4.98 Å². The van der Waals surface area contributed by atoms with Crippen LogP contribution in [0.15, 0.2) is 54.7 Å². The zero-order chi connectivity index (χ0) is 15.7. The van der Waals surface area contributed by atoms with Crippen LogP contribution in [-0.2, 0) is 0 Å². The van der Waals surface area contributed by atoms with Crippen LogP contribution in [0.3, 0.4) is 0 Å². The van der Waals surface area contributed by atoms with E-state index >= 15 is 0 Å². The molecule has 0 unspecified atom stereocenters. The molecule has 5 heteroatoms. The molecule has 3 rings (SSSR count). The lowest BCUT2D eigenvalue weighted by Crippen LogP contribution is -2.17. The molecule has 1 heterocycles. The molecule has 0 fully saturated rings. The molecule has 0 atom stereocenters. The van der Waals surface area contributed by atoms with Crippen LogP contribution in [0.1, 0.15) is 5.56 Å². The van der Waals surface area contributed by atoms with Crippen molar-refractivity contribution >= 4 is 10.9 Å². The van der Waals surface area contributed by atoms with E-state index in [0.717, 1.165) is 22.0 Å². The van der Waals surface area contributed by atoms with E-state index in [-0.39, 0.29) is 5.75 Å². The van der Waals surface area contributed by atoms with Crippen LogP contribution in [0, 0.1) is 6.92 Å². The number of alkyl halides is 3. The number of rotatable bonds is 2. The molecule has 0 spiro atoms. The van der Waals surface area contributed by atoms with Crippen molar-refractivity contribution in [2.24, 2.45) is 0 Å². The molecule has 0 aliphatic heterocycles. The van der Waals surface area contributed by atoms with Crippen LogP contribution in [0.4, 0.5) is 13.2 Å². The number of hydrogen-bond acceptors (Lipinski definition) is 2. The van der Waals surface area contributed by atoms with Crippen LogP contribution in [-0.4, -0.2) is 11.3 Å². The van der Waals surface area contributed by atoms with Crippen molar-refractivity contribution in [2.75, 3.05) is 0 Å². The summed E-state index contributed by atoms with van der Waals surface area (Å²) in [5.41, 5.74) is 3.23. The Hall–Kier alpha value is -2.56. The Morgan fingerprint density at radius 2 is 1.73 bits per heavy atom. The van der Waals surface area contributed by atoms with Crippen LogP contribution in [0.25, 0.3) is 22.0 Å². The molecular weight excluding hydrogens is 291 g/mol. The minimum Gasteiger partial charge on any atom is -0.406 e. The Morgan fingerprint density at radius 3 is 2.45 bits per heavy atom. The summed E-state index contributed by atoms with van der Waals surface area (Å²) in [7, 11) is 0. The first-order valence-corrected chi connectivity index (χ1v) is 6.64. The zero-order valence-corrected chi connectivity index (χ0v) is 11.7. The molecule has 22 heavy (non-hydrogen) atoms. The second-order valence-electron chi connectivity index (χ2n) is 4.91. The van der Waals surface area contributed by atoms with E-state index < -0.39 is 6.36 Å². The number of fused-ring (bicyclic) bond motifs is 1. The van der Waals surface area contributed by atoms with Gasteiger partial charge < -0.3 is 4.74 Å². The van der Waals surface area contributed by atoms with Gasteiger partial charge in [-0.15, -0.1) is 13.2 Å². The third-order valence-corrected chi connectivity index (χ3v) is 3.35. The van der Waals surface area contributed by atoms with Crippen molar-refractivity contribution in [3.05, 3.63) is 60.3 Å². The average Bonchev–Trinajstić information content (AvgIpc) is 2.45. The maximum absolute atomic E-state index is 12.3. The van der Waals surface area contributed by atoms with Crippen molar-refractivity contribution in [1.29, 1.82) is 0 Å². The van der Waals surface area contributed by atoms with Gasteiger partial charge in [0, 0.05) is 17.1 Å². The SMILES string of the molecule is Cc1cc(OC(F)(F)F)ccc1-c1cccc2cccnc12. The summed E-state index contributed by atoms with van der Waals surface area (Å²) in [6.07, 6.45) is -2.99. The molecule has 0 saturated heterocycles. The van der Waals surface area contributed by atoms with Crippen molar-refractivity contribution in [2.45, 2.75) is 13.3 Å². The molecule has 0 amide bonds. The average molecular weight is 303 g/mol. The first-order chi connectivity index (χ1) is 10.4. The zero-order valence-electron chi connectivity index (χ0n) is 11.7. The molecular formula is C17H12F3NO. The summed E-state index contributed by atoms with van der Waals surface area (Å²) in [5.74, 6) is -0.220. The maximum atomic E-state index is 12.3. The predicted octanol–water partition coefficient (Wildman–Crippen LogP) is 5.11. The molecule has 0 bridgehead atoms. The summed E-state index contributed by atoms with van der Waals surface area (Å²) >= 11 is 0. The van der Waals surface area contributed by atoms with Gasteiger partial charge in [0.25, 0.3) is 0 Å². The van der Waals surface area contributed by atoms with Crippen LogP contribution < -0.4 is 4.74 Å². The van der Waals surface area contributed by atoms with Gasteiger partial charge >= 0.3 is 6.36 Å². The summed E-state index contributed by atoms with van der Waals surface area (Å²) in [6.45, 7) is 1.75. The molecule has 2 aromatic carbocycles. The van der Waals surface area contributed by atoms with Gasteiger partial charge in [-0.05, 0) is 36.2 Å². The van der Waals surface area contributed by atoms with E-state index in [1.165, 1.54) is 12.1 Å². The van der Waals surface area contributed by atoms with Crippen LogP contribution >= 0.6 is 0 Å². The highest BCUT2D eigenvalue weighted by atomic mass is 19.4. The van der Waals surface area contributed by atoms with Gasteiger partial charge in [0.15, 0.2) is 0 Å². The van der Waals surface area contributed by atoms with E-state index in [1.807, 2.05) is 30.3 Å². The lowest BCUT2D eigenvalue weighted by Gasteiger charge is -2.13. The van der Waals surface area contributed by atoms with Crippen molar-refractivity contribution in [3.63, 3.8) is 0 Å². The second kappa shape index (κ2) is 5.33. The largest absolute Gasteiger partial charge is 0.573 e.